The zero-order chi connectivity index (χ0) is 19.5. The van der Waals surface area contributed by atoms with Gasteiger partial charge in [0.15, 0.2) is 0 Å². The number of aromatic nitrogens is 2. The van der Waals surface area contributed by atoms with Crippen molar-refractivity contribution in [1.29, 1.82) is 0 Å². The topological polar surface area (TPSA) is 67.2 Å². The lowest BCUT2D eigenvalue weighted by Gasteiger charge is -2.14. The molecule has 1 aromatic heterocycles. The monoisotopic (exact) mass is 378 g/mol. The first-order chi connectivity index (χ1) is 13.6. The number of carbonyl (C=O) groups is 2. The van der Waals surface area contributed by atoms with E-state index in [1.165, 1.54) is 12.1 Å². The van der Waals surface area contributed by atoms with E-state index in [-0.39, 0.29) is 24.1 Å². The molecule has 1 N–H and O–H groups in total. The molecule has 28 heavy (non-hydrogen) atoms. The number of carbonyl (C=O) groups excluding carboxylic acids is 2. The Bertz CT molecular complexity index is 1010. The Kier molecular flexibility index (Phi) is 4.89. The average Bonchev–Trinajstić information content (AvgIpc) is 3.26. The highest BCUT2D eigenvalue weighted by molar-refractivity contribution is 5.98. The van der Waals surface area contributed by atoms with Gasteiger partial charge in [0, 0.05) is 31.3 Å². The van der Waals surface area contributed by atoms with Crippen LogP contribution in [-0.4, -0.2) is 33.0 Å². The molecule has 1 aliphatic rings. The third kappa shape index (κ3) is 3.93. The molecule has 0 spiro atoms. The molecule has 0 aliphatic carbocycles. The Morgan fingerprint density at radius 2 is 1.93 bits per heavy atom. The van der Waals surface area contributed by atoms with Gasteiger partial charge in [-0.1, -0.05) is 30.3 Å². The predicted molar refractivity (Wildman–Crippen MR) is 102 cm³/mol. The highest BCUT2D eigenvalue weighted by Gasteiger charge is 2.26. The molecule has 0 bridgehead atoms. The van der Waals surface area contributed by atoms with Crippen LogP contribution in [0.3, 0.4) is 0 Å². The Balaban J connectivity index is 1.28. The normalized spacial score (nSPS) is 12.9. The summed E-state index contributed by atoms with van der Waals surface area (Å²) in [6, 6.07) is 13.7. The van der Waals surface area contributed by atoms with Crippen molar-refractivity contribution in [1.82, 2.24) is 14.7 Å². The lowest BCUT2D eigenvalue weighted by Crippen LogP contribution is -2.28. The second kappa shape index (κ2) is 7.64. The molecule has 2 heterocycles. The highest BCUT2D eigenvalue weighted by Crippen LogP contribution is 2.22. The molecule has 2 aromatic carbocycles. The summed E-state index contributed by atoms with van der Waals surface area (Å²) in [5.74, 6) is -0.489. The van der Waals surface area contributed by atoms with Crippen LogP contribution >= 0.6 is 0 Å². The molecule has 4 rings (SSSR count). The quantitative estimate of drug-likeness (QED) is 0.717. The number of nitrogens with one attached hydrogen (secondary N) is 1. The number of hydrogen-bond donors (Lipinski definition) is 1. The highest BCUT2D eigenvalue weighted by atomic mass is 19.1. The summed E-state index contributed by atoms with van der Waals surface area (Å²) in [6.07, 6.45) is 3.50. The van der Waals surface area contributed by atoms with E-state index in [0.29, 0.717) is 30.9 Å². The zero-order valence-corrected chi connectivity index (χ0v) is 15.1. The number of anilines is 1. The molecule has 0 atom stereocenters. The summed E-state index contributed by atoms with van der Waals surface area (Å²) >= 11 is 0. The molecule has 0 fully saturated rings. The number of fused-ring (bicyclic) bond motifs is 1. The van der Waals surface area contributed by atoms with Gasteiger partial charge in [0.05, 0.1) is 18.4 Å². The molecule has 0 unspecified atom stereocenters. The van der Waals surface area contributed by atoms with Gasteiger partial charge in [-0.15, -0.1) is 0 Å². The molecular weight excluding hydrogens is 359 g/mol. The third-order valence-electron chi connectivity index (χ3n) is 4.68. The maximum absolute atomic E-state index is 13.0. The summed E-state index contributed by atoms with van der Waals surface area (Å²) < 4.78 is 14.6. The molecular formula is C21H19FN4O2. The fourth-order valence-corrected chi connectivity index (χ4v) is 3.25. The van der Waals surface area contributed by atoms with E-state index in [2.05, 4.69) is 10.4 Å². The summed E-state index contributed by atoms with van der Waals surface area (Å²) in [4.78, 5) is 26.2. The fourth-order valence-electron chi connectivity index (χ4n) is 3.25. The van der Waals surface area contributed by atoms with E-state index in [1.54, 1.807) is 34.1 Å². The van der Waals surface area contributed by atoms with Crippen LogP contribution in [0.5, 0.6) is 0 Å². The van der Waals surface area contributed by atoms with Crippen molar-refractivity contribution in [2.24, 2.45) is 0 Å². The molecule has 2 amide bonds. The standard InChI is InChI=1S/C21H19FN4O2/c22-17-7-5-15(6-8-17)12-26-14-18(11-23-26)24-20(27)9-10-25-13-16-3-1-2-4-19(16)21(25)28/h1-8,11,14H,9-10,12-13H2,(H,24,27). The predicted octanol–water partition coefficient (Wildman–Crippen LogP) is 3.06. The minimum absolute atomic E-state index is 0.0319. The van der Waals surface area contributed by atoms with Crippen molar-refractivity contribution in [2.45, 2.75) is 19.5 Å². The molecule has 0 radical (unpaired) electrons. The maximum atomic E-state index is 13.0. The summed E-state index contributed by atoms with van der Waals surface area (Å²) in [5.41, 5.74) is 3.21. The average molecular weight is 378 g/mol. The molecule has 0 saturated heterocycles. The van der Waals surface area contributed by atoms with E-state index < -0.39 is 0 Å². The maximum Gasteiger partial charge on any atom is 0.254 e. The van der Waals surface area contributed by atoms with Gasteiger partial charge >= 0.3 is 0 Å². The first-order valence-corrected chi connectivity index (χ1v) is 9.02. The van der Waals surface area contributed by atoms with Crippen molar-refractivity contribution in [2.75, 3.05) is 11.9 Å². The van der Waals surface area contributed by atoms with Crippen molar-refractivity contribution >= 4 is 17.5 Å². The van der Waals surface area contributed by atoms with E-state index >= 15 is 0 Å². The lowest BCUT2D eigenvalue weighted by atomic mass is 10.1. The lowest BCUT2D eigenvalue weighted by molar-refractivity contribution is -0.116. The number of amides is 2. The Morgan fingerprint density at radius 3 is 2.71 bits per heavy atom. The van der Waals surface area contributed by atoms with Crippen molar-refractivity contribution in [3.05, 3.63) is 83.4 Å². The second-order valence-electron chi connectivity index (χ2n) is 6.74. The smallest absolute Gasteiger partial charge is 0.254 e. The van der Waals surface area contributed by atoms with E-state index in [9.17, 15) is 14.0 Å². The van der Waals surface area contributed by atoms with Gasteiger partial charge in [0.1, 0.15) is 5.82 Å². The fraction of sp³-hybridized carbons (Fsp3) is 0.190. The van der Waals surface area contributed by atoms with Crippen molar-refractivity contribution in [3.8, 4) is 0 Å². The minimum atomic E-state index is -0.281. The van der Waals surface area contributed by atoms with Gasteiger partial charge in [-0.05, 0) is 29.3 Å². The molecule has 142 valence electrons. The number of benzene rings is 2. The first kappa shape index (κ1) is 17.9. The first-order valence-electron chi connectivity index (χ1n) is 9.02. The van der Waals surface area contributed by atoms with Crippen LogP contribution in [0.1, 0.15) is 27.9 Å². The van der Waals surface area contributed by atoms with Crippen LogP contribution in [0.2, 0.25) is 0 Å². The zero-order valence-electron chi connectivity index (χ0n) is 15.1. The molecule has 7 heteroatoms. The largest absolute Gasteiger partial charge is 0.334 e. The summed E-state index contributed by atoms with van der Waals surface area (Å²) in [7, 11) is 0. The van der Waals surface area contributed by atoms with E-state index in [0.717, 1.165) is 11.1 Å². The van der Waals surface area contributed by atoms with Crippen LogP contribution in [-0.2, 0) is 17.9 Å². The van der Waals surface area contributed by atoms with Gasteiger partial charge in [0.25, 0.3) is 5.91 Å². The summed E-state index contributed by atoms with van der Waals surface area (Å²) in [5, 5.41) is 7.00. The number of rotatable bonds is 6. The van der Waals surface area contributed by atoms with Gasteiger partial charge in [0.2, 0.25) is 5.91 Å². The Morgan fingerprint density at radius 1 is 1.14 bits per heavy atom. The van der Waals surface area contributed by atoms with E-state index in [1.807, 2.05) is 24.3 Å². The van der Waals surface area contributed by atoms with Crippen LogP contribution in [0.25, 0.3) is 0 Å². The molecule has 6 nitrogen and oxygen atoms in total. The number of nitrogens with zero attached hydrogens (tertiary/aromatic N) is 3. The Hall–Kier alpha value is -3.48. The van der Waals surface area contributed by atoms with Gasteiger partial charge in [-0.3, -0.25) is 14.3 Å². The number of halogens is 1. The second-order valence-corrected chi connectivity index (χ2v) is 6.74. The van der Waals surface area contributed by atoms with Crippen LogP contribution < -0.4 is 5.32 Å². The molecule has 3 aromatic rings. The van der Waals surface area contributed by atoms with Crippen LogP contribution in [0.15, 0.2) is 60.9 Å². The van der Waals surface area contributed by atoms with Gasteiger partial charge < -0.3 is 10.2 Å². The van der Waals surface area contributed by atoms with Gasteiger partial charge in [-0.2, -0.15) is 5.10 Å². The van der Waals surface area contributed by atoms with E-state index in [4.69, 9.17) is 0 Å². The van der Waals surface area contributed by atoms with Crippen LogP contribution in [0.4, 0.5) is 10.1 Å². The van der Waals surface area contributed by atoms with Crippen molar-refractivity contribution in [3.63, 3.8) is 0 Å². The molecule has 0 saturated carbocycles. The summed E-state index contributed by atoms with van der Waals surface area (Å²) in [6.45, 7) is 1.39. The minimum Gasteiger partial charge on any atom is -0.334 e. The van der Waals surface area contributed by atoms with Gasteiger partial charge in [-0.25, -0.2) is 4.39 Å². The Labute approximate surface area is 161 Å². The SMILES string of the molecule is O=C(CCN1Cc2ccccc2C1=O)Nc1cnn(Cc2ccc(F)cc2)c1. The molecule has 1 aliphatic heterocycles. The number of hydrogen-bond acceptors (Lipinski definition) is 3. The third-order valence-corrected chi connectivity index (χ3v) is 4.68. The van der Waals surface area contributed by atoms with Crippen LogP contribution in [0, 0.1) is 5.82 Å². The van der Waals surface area contributed by atoms with Crippen molar-refractivity contribution < 1.29 is 14.0 Å².